The van der Waals surface area contributed by atoms with Gasteiger partial charge in [0.2, 0.25) is 0 Å². The van der Waals surface area contributed by atoms with Gasteiger partial charge in [-0.25, -0.2) is 0 Å². The highest BCUT2D eigenvalue weighted by Gasteiger charge is 2.31. The zero-order chi connectivity index (χ0) is 12.5. The fourth-order valence-electron chi connectivity index (χ4n) is 2.35. The Balaban J connectivity index is 1.63. The minimum absolute atomic E-state index is 0.573. The molecule has 0 spiro atoms. The molecule has 1 aromatic rings. The molecule has 2 atom stereocenters. The number of halogens is 1. The lowest BCUT2D eigenvalue weighted by Crippen LogP contribution is -2.18. The topological polar surface area (TPSA) is 30.5 Å². The molecule has 1 aliphatic carbocycles. The molecule has 2 unspecified atom stereocenters. The van der Waals surface area contributed by atoms with E-state index >= 15 is 0 Å². The summed E-state index contributed by atoms with van der Waals surface area (Å²) in [6.45, 7) is 5.39. The zero-order valence-electron chi connectivity index (χ0n) is 10.5. The van der Waals surface area contributed by atoms with Crippen LogP contribution in [-0.2, 0) is 6.54 Å². The molecule has 1 saturated carbocycles. The van der Waals surface area contributed by atoms with Gasteiger partial charge in [-0.3, -0.25) is 0 Å². The van der Waals surface area contributed by atoms with Crippen LogP contribution in [0.15, 0.2) is 12.1 Å². The Morgan fingerprint density at radius 1 is 1.33 bits per heavy atom. The molecule has 0 bridgehead atoms. The van der Waals surface area contributed by atoms with E-state index in [0.29, 0.717) is 24.0 Å². The first-order valence-electron chi connectivity index (χ1n) is 6.53. The minimum Gasteiger partial charge on any atom is -0.486 e. The molecule has 2 aliphatic rings. The number of rotatable bonds is 4. The van der Waals surface area contributed by atoms with Gasteiger partial charge in [0, 0.05) is 6.54 Å². The van der Waals surface area contributed by atoms with Crippen LogP contribution in [0.3, 0.4) is 0 Å². The molecule has 18 heavy (non-hydrogen) atoms. The molecule has 0 radical (unpaired) electrons. The van der Waals surface area contributed by atoms with Gasteiger partial charge in [-0.2, -0.15) is 0 Å². The molecule has 1 aliphatic heterocycles. The summed E-state index contributed by atoms with van der Waals surface area (Å²) in [5, 5.41) is 4.12. The molecular weight excluding hydrogens is 250 g/mol. The third-order valence-electron chi connectivity index (χ3n) is 3.67. The van der Waals surface area contributed by atoms with Crippen LogP contribution in [0.2, 0.25) is 5.02 Å². The summed E-state index contributed by atoms with van der Waals surface area (Å²) >= 11 is 6.19. The van der Waals surface area contributed by atoms with E-state index in [1.165, 1.54) is 6.42 Å². The quantitative estimate of drug-likeness (QED) is 0.910. The first-order chi connectivity index (χ1) is 8.74. The average molecular weight is 268 g/mol. The molecule has 3 nitrogen and oxygen atoms in total. The highest BCUT2D eigenvalue weighted by molar-refractivity contribution is 6.32. The normalized spacial score (nSPS) is 25.0. The Morgan fingerprint density at radius 2 is 2.11 bits per heavy atom. The number of hydrogen-bond acceptors (Lipinski definition) is 3. The summed E-state index contributed by atoms with van der Waals surface area (Å²) in [5.74, 6) is 3.20. The molecule has 1 fully saturated rings. The van der Waals surface area contributed by atoms with Crippen molar-refractivity contribution in [2.75, 3.05) is 19.8 Å². The molecular formula is C14H18ClNO2. The van der Waals surface area contributed by atoms with Gasteiger partial charge in [0.25, 0.3) is 0 Å². The van der Waals surface area contributed by atoms with Crippen LogP contribution in [0.1, 0.15) is 18.9 Å². The van der Waals surface area contributed by atoms with Gasteiger partial charge in [-0.05, 0) is 42.5 Å². The fraction of sp³-hybridized carbons (Fsp3) is 0.571. The van der Waals surface area contributed by atoms with Crippen molar-refractivity contribution in [3.8, 4) is 11.5 Å². The average Bonchev–Trinajstić information content (AvgIpc) is 3.05. The number of hydrogen-bond donors (Lipinski definition) is 1. The number of benzene rings is 1. The largest absolute Gasteiger partial charge is 0.486 e. The lowest BCUT2D eigenvalue weighted by molar-refractivity contribution is 0.171. The highest BCUT2D eigenvalue weighted by atomic mass is 35.5. The van der Waals surface area contributed by atoms with Crippen molar-refractivity contribution in [2.24, 2.45) is 11.8 Å². The Labute approximate surface area is 112 Å². The van der Waals surface area contributed by atoms with Gasteiger partial charge in [0.1, 0.15) is 13.2 Å². The number of fused-ring (bicyclic) bond motifs is 1. The SMILES string of the molecule is CC1CC1CNCc1cc(Cl)c2c(c1)OCCO2. The van der Waals surface area contributed by atoms with Crippen LogP contribution in [-0.4, -0.2) is 19.8 Å². The van der Waals surface area contributed by atoms with Gasteiger partial charge < -0.3 is 14.8 Å². The molecule has 0 aromatic heterocycles. The summed E-state index contributed by atoms with van der Waals surface area (Å²) < 4.78 is 11.1. The number of ether oxygens (including phenoxy) is 2. The third-order valence-corrected chi connectivity index (χ3v) is 3.95. The standard InChI is InChI=1S/C14H18ClNO2/c1-9-4-11(9)8-16-7-10-5-12(15)14-13(6-10)17-2-3-18-14/h5-6,9,11,16H,2-4,7-8H2,1H3. The second kappa shape index (κ2) is 4.98. The van der Waals surface area contributed by atoms with E-state index in [0.717, 1.165) is 36.2 Å². The van der Waals surface area contributed by atoms with E-state index in [1.807, 2.05) is 12.1 Å². The van der Waals surface area contributed by atoms with Crippen LogP contribution in [0.4, 0.5) is 0 Å². The summed E-state index contributed by atoms with van der Waals surface area (Å²) in [6.07, 6.45) is 1.36. The molecule has 0 saturated heterocycles. The maximum absolute atomic E-state index is 6.19. The van der Waals surface area contributed by atoms with Crippen molar-refractivity contribution < 1.29 is 9.47 Å². The fourth-order valence-corrected chi connectivity index (χ4v) is 2.64. The Morgan fingerprint density at radius 3 is 2.89 bits per heavy atom. The lowest BCUT2D eigenvalue weighted by atomic mass is 10.2. The summed E-state index contributed by atoms with van der Waals surface area (Å²) in [5.41, 5.74) is 1.15. The van der Waals surface area contributed by atoms with Crippen LogP contribution < -0.4 is 14.8 Å². The molecule has 98 valence electrons. The monoisotopic (exact) mass is 267 g/mol. The van der Waals surface area contributed by atoms with Crippen LogP contribution in [0, 0.1) is 11.8 Å². The van der Waals surface area contributed by atoms with Crippen molar-refractivity contribution in [2.45, 2.75) is 19.9 Å². The summed E-state index contributed by atoms with van der Waals surface area (Å²) in [6, 6.07) is 3.97. The van der Waals surface area contributed by atoms with Gasteiger partial charge >= 0.3 is 0 Å². The van der Waals surface area contributed by atoms with Crippen LogP contribution in [0.5, 0.6) is 11.5 Å². The van der Waals surface area contributed by atoms with Crippen molar-refractivity contribution >= 4 is 11.6 Å². The lowest BCUT2D eigenvalue weighted by Gasteiger charge is -2.20. The minimum atomic E-state index is 0.573. The predicted molar refractivity (Wildman–Crippen MR) is 71.4 cm³/mol. The third kappa shape index (κ3) is 2.57. The van der Waals surface area contributed by atoms with E-state index in [2.05, 4.69) is 12.2 Å². The maximum atomic E-state index is 6.19. The number of nitrogens with one attached hydrogen (secondary N) is 1. The van der Waals surface area contributed by atoms with Gasteiger partial charge in [-0.1, -0.05) is 18.5 Å². The van der Waals surface area contributed by atoms with Gasteiger partial charge in [0.15, 0.2) is 11.5 Å². The maximum Gasteiger partial charge on any atom is 0.179 e. The molecule has 0 amide bonds. The molecule has 4 heteroatoms. The van der Waals surface area contributed by atoms with E-state index in [9.17, 15) is 0 Å². The molecule has 1 N–H and O–H groups in total. The molecule has 1 heterocycles. The van der Waals surface area contributed by atoms with Crippen molar-refractivity contribution in [1.29, 1.82) is 0 Å². The van der Waals surface area contributed by atoms with E-state index in [1.54, 1.807) is 0 Å². The zero-order valence-corrected chi connectivity index (χ0v) is 11.3. The van der Waals surface area contributed by atoms with E-state index in [4.69, 9.17) is 21.1 Å². The van der Waals surface area contributed by atoms with Crippen molar-refractivity contribution in [1.82, 2.24) is 5.32 Å². The van der Waals surface area contributed by atoms with Crippen LogP contribution in [0.25, 0.3) is 0 Å². The Kier molecular flexibility index (Phi) is 3.35. The smallest absolute Gasteiger partial charge is 0.179 e. The molecule has 3 rings (SSSR count). The Bertz CT molecular complexity index is 450. The highest BCUT2D eigenvalue weighted by Crippen LogP contribution is 2.39. The first-order valence-corrected chi connectivity index (χ1v) is 6.90. The van der Waals surface area contributed by atoms with Crippen molar-refractivity contribution in [3.05, 3.63) is 22.7 Å². The Hall–Kier alpha value is -0.930. The van der Waals surface area contributed by atoms with Gasteiger partial charge in [-0.15, -0.1) is 0 Å². The summed E-state index contributed by atoms with van der Waals surface area (Å²) in [4.78, 5) is 0. The predicted octanol–water partition coefficient (Wildman–Crippen LogP) is 2.86. The second-order valence-corrected chi connectivity index (χ2v) is 5.61. The van der Waals surface area contributed by atoms with Gasteiger partial charge in [0.05, 0.1) is 5.02 Å². The van der Waals surface area contributed by atoms with E-state index < -0.39 is 0 Å². The van der Waals surface area contributed by atoms with E-state index in [-0.39, 0.29) is 0 Å². The van der Waals surface area contributed by atoms with Crippen LogP contribution >= 0.6 is 11.6 Å². The summed E-state index contributed by atoms with van der Waals surface area (Å²) in [7, 11) is 0. The van der Waals surface area contributed by atoms with Crippen molar-refractivity contribution in [3.63, 3.8) is 0 Å². The first kappa shape index (κ1) is 12.1. The second-order valence-electron chi connectivity index (χ2n) is 5.21. The molecule has 1 aromatic carbocycles.